The topological polar surface area (TPSA) is 98.4 Å². The van der Waals surface area contributed by atoms with Crippen LogP contribution in [0, 0.1) is 0 Å². The first kappa shape index (κ1) is 27.6. The molecular formula is C32H31N3O6S. The van der Waals surface area contributed by atoms with Crippen molar-refractivity contribution in [3.63, 3.8) is 0 Å². The summed E-state index contributed by atoms with van der Waals surface area (Å²) in [5.74, 6) is 0.836. The van der Waals surface area contributed by atoms with Crippen LogP contribution >= 0.6 is 11.3 Å². The van der Waals surface area contributed by atoms with Gasteiger partial charge in [0, 0.05) is 24.5 Å². The number of amides is 1. The number of carbonyl (C=O) groups is 2. The monoisotopic (exact) mass is 585 g/mol. The summed E-state index contributed by atoms with van der Waals surface area (Å²) in [6.07, 6.45) is 0.449. The molecule has 10 heteroatoms. The summed E-state index contributed by atoms with van der Waals surface area (Å²) in [5, 5.41) is 7.50. The normalized spacial score (nSPS) is 16.0. The number of methoxy groups -OCH3 is 3. The lowest BCUT2D eigenvalue weighted by Crippen LogP contribution is -2.38. The number of ether oxygens (including phenoxy) is 4. The van der Waals surface area contributed by atoms with Crippen LogP contribution in [0.15, 0.2) is 66.7 Å². The van der Waals surface area contributed by atoms with Gasteiger partial charge in [-0.15, -0.1) is 11.3 Å². The van der Waals surface area contributed by atoms with Crippen LogP contribution in [-0.2, 0) is 19.5 Å². The van der Waals surface area contributed by atoms with Gasteiger partial charge in [0.05, 0.1) is 32.5 Å². The molecule has 0 saturated heterocycles. The first-order valence-corrected chi connectivity index (χ1v) is 14.4. The van der Waals surface area contributed by atoms with Crippen molar-refractivity contribution in [3.8, 4) is 23.0 Å². The van der Waals surface area contributed by atoms with Crippen LogP contribution in [0.4, 0.5) is 5.00 Å². The smallest absolute Gasteiger partial charge is 0.343 e. The summed E-state index contributed by atoms with van der Waals surface area (Å²) < 4.78 is 21.6. The van der Waals surface area contributed by atoms with Gasteiger partial charge in [0.15, 0.2) is 11.5 Å². The van der Waals surface area contributed by atoms with E-state index in [1.807, 2.05) is 18.2 Å². The van der Waals surface area contributed by atoms with Crippen LogP contribution in [-0.4, -0.2) is 44.7 Å². The predicted molar refractivity (Wildman–Crippen MR) is 160 cm³/mol. The summed E-state index contributed by atoms with van der Waals surface area (Å²) >= 11 is 1.66. The lowest BCUT2D eigenvalue weighted by atomic mass is 10.00. The average Bonchev–Trinajstić information content (AvgIpc) is 3.39. The fraction of sp³-hybridized carbons (Fsp3) is 0.250. The zero-order valence-electron chi connectivity index (χ0n) is 23.6. The van der Waals surface area contributed by atoms with E-state index in [-0.39, 0.29) is 11.5 Å². The summed E-state index contributed by atoms with van der Waals surface area (Å²) in [6, 6.07) is 20.6. The van der Waals surface area contributed by atoms with E-state index in [9.17, 15) is 9.59 Å². The Balaban J connectivity index is 1.14. The van der Waals surface area contributed by atoms with Gasteiger partial charge in [-0.05, 0) is 47.4 Å². The molecule has 4 aromatic rings. The van der Waals surface area contributed by atoms with E-state index in [1.165, 1.54) is 31.8 Å². The molecule has 0 saturated carbocycles. The van der Waals surface area contributed by atoms with Crippen molar-refractivity contribution in [1.82, 2.24) is 10.2 Å². The Hall–Kier alpha value is -4.54. The van der Waals surface area contributed by atoms with Gasteiger partial charge in [0.25, 0.3) is 5.91 Å². The Morgan fingerprint density at radius 3 is 2.33 bits per heavy atom. The Morgan fingerprint density at radius 1 is 0.952 bits per heavy atom. The zero-order valence-corrected chi connectivity index (χ0v) is 24.4. The highest BCUT2D eigenvalue weighted by molar-refractivity contribution is 7.16. The van der Waals surface area contributed by atoms with Crippen molar-refractivity contribution < 1.29 is 28.5 Å². The predicted octanol–water partition coefficient (Wildman–Crippen LogP) is 5.41. The van der Waals surface area contributed by atoms with Crippen LogP contribution in [0.5, 0.6) is 23.0 Å². The molecule has 9 nitrogen and oxygen atoms in total. The molecule has 1 unspecified atom stereocenters. The molecule has 0 fully saturated rings. The molecule has 2 aliphatic heterocycles. The maximum absolute atomic E-state index is 13.2. The molecule has 1 aromatic heterocycles. The van der Waals surface area contributed by atoms with Crippen LogP contribution in [0.2, 0.25) is 0 Å². The van der Waals surface area contributed by atoms with Crippen LogP contribution in [0.1, 0.15) is 48.4 Å². The lowest BCUT2D eigenvalue weighted by Gasteiger charge is -2.28. The Morgan fingerprint density at radius 2 is 1.67 bits per heavy atom. The zero-order chi connectivity index (χ0) is 29.2. The average molecular weight is 586 g/mol. The molecular weight excluding hydrogens is 554 g/mol. The third-order valence-corrected chi connectivity index (χ3v) is 8.64. The number of anilines is 1. The van der Waals surface area contributed by atoms with E-state index in [0.29, 0.717) is 23.0 Å². The molecule has 216 valence electrons. The molecule has 1 amide bonds. The molecule has 0 radical (unpaired) electrons. The molecule has 6 rings (SSSR count). The molecule has 0 aliphatic carbocycles. The molecule has 3 heterocycles. The van der Waals surface area contributed by atoms with E-state index in [2.05, 4.69) is 39.8 Å². The van der Waals surface area contributed by atoms with E-state index >= 15 is 0 Å². The molecule has 0 bridgehead atoms. The summed E-state index contributed by atoms with van der Waals surface area (Å²) in [5.41, 5.74) is 4.30. The fourth-order valence-corrected chi connectivity index (χ4v) is 6.72. The quantitative estimate of drug-likeness (QED) is 0.209. The molecule has 1 atom stereocenters. The number of carbonyl (C=O) groups excluding carboxylic acids is 2. The van der Waals surface area contributed by atoms with Crippen molar-refractivity contribution in [3.05, 3.63) is 99.4 Å². The maximum Gasteiger partial charge on any atom is 0.343 e. The molecule has 0 spiro atoms. The van der Waals surface area contributed by atoms with Gasteiger partial charge in [-0.25, -0.2) is 4.79 Å². The van der Waals surface area contributed by atoms with Gasteiger partial charge in [-0.3, -0.25) is 9.69 Å². The van der Waals surface area contributed by atoms with Gasteiger partial charge in [0.2, 0.25) is 5.75 Å². The van der Waals surface area contributed by atoms with Crippen molar-refractivity contribution >= 4 is 28.2 Å². The SMILES string of the molecule is COc1cc(C(=O)Oc2ccc(C3NC(=O)c4c(sc5c4CCN(Cc4ccccc4)C5)N3)cc2)cc(OC)c1OC. The number of nitrogens with one attached hydrogen (secondary N) is 2. The van der Waals surface area contributed by atoms with E-state index < -0.39 is 12.1 Å². The number of esters is 1. The number of hydrogen-bond acceptors (Lipinski definition) is 9. The second-order valence-corrected chi connectivity index (χ2v) is 11.2. The minimum Gasteiger partial charge on any atom is -0.493 e. The van der Waals surface area contributed by atoms with Crippen molar-refractivity contribution in [2.24, 2.45) is 0 Å². The third-order valence-electron chi connectivity index (χ3n) is 7.49. The number of benzene rings is 3. The van der Waals surface area contributed by atoms with Crippen molar-refractivity contribution in [1.29, 1.82) is 0 Å². The van der Waals surface area contributed by atoms with Crippen molar-refractivity contribution in [2.75, 3.05) is 33.2 Å². The summed E-state index contributed by atoms with van der Waals surface area (Å²) in [7, 11) is 4.47. The first-order valence-electron chi connectivity index (χ1n) is 13.6. The first-order chi connectivity index (χ1) is 20.5. The lowest BCUT2D eigenvalue weighted by molar-refractivity contribution is 0.0733. The number of fused-ring (bicyclic) bond motifs is 3. The van der Waals surface area contributed by atoms with E-state index in [4.69, 9.17) is 18.9 Å². The van der Waals surface area contributed by atoms with Gasteiger partial charge in [0.1, 0.15) is 16.9 Å². The molecule has 42 heavy (non-hydrogen) atoms. The van der Waals surface area contributed by atoms with Crippen LogP contribution < -0.4 is 29.6 Å². The minimum absolute atomic E-state index is 0.0688. The number of nitrogens with zero attached hydrogens (tertiary/aromatic N) is 1. The standard InChI is InChI=1S/C32H31N3O6S/c1-38-24-15-21(16-25(39-2)28(24)40-3)32(37)41-22-11-9-20(10-12-22)29-33-30(36)27-23-13-14-35(17-19-7-5-4-6-8-19)18-26(23)42-31(27)34-29/h4-12,15-16,29,34H,13-14,17-18H2,1-3H3,(H,33,36). The third kappa shape index (κ3) is 5.38. The summed E-state index contributed by atoms with van der Waals surface area (Å²) in [6.45, 7) is 2.63. The Bertz CT molecular complexity index is 1590. The number of rotatable bonds is 8. The molecule has 3 aromatic carbocycles. The maximum atomic E-state index is 13.2. The number of hydrogen-bond donors (Lipinski definition) is 2. The summed E-state index contributed by atoms with van der Waals surface area (Å²) in [4.78, 5) is 29.8. The van der Waals surface area contributed by atoms with Gasteiger partial charge >= 0.3 is 5.97 Å². The van der Waals surface area contributed by atoms with E-state index in [1.54, 1.807) is 35.6 Å². The highest BCUT2D eigenvalue weighted by Gasteiger charge is 2.33. The minimum atomic E-state index is -0.568. The Kier molecular flexibility index (Phi) is 7.73. The van der Waals surface area contributed by atoms with Gasteiger partial charge in [-0.1, -0.05) is 42.5 Å². The second-order valence-electron chi connectivity index (χ2n) is 10.1. The van der Waals surface area contributed by atoms with Gasteiger partial charge in [-0.2, -0.15) is 0 Å². The Labute approximate surface area is 248 Å². The van der Waals surface area contributed by atoms with Crippen molar-refractivity contribution in [2.45, 2.75) is 25.7 Å². The van der Waals surface area contributed by atoms with Gasteiger partial charge < -0.3 is 29.6 Å². The van der Waals surface area contributed by atoms with Crippen LogP contribution in [0.3, 0.4) is 0 Å². The van der Waals surface area contributed by atoms with E-state index in [0.717, 1.165) is 47.7 Å². The second kappa shape index (κ2) is 11.8. The highest BCUT2D eigenvalue weighted by atomic mass is 32.1. The fourth-order valence-electron chi connectivity index (χ4n) is 5.41. The highest BCUT2D eigenvalue weighted by Crippen LogP contribution is 2.41. The van der Waals surface area contributed by atoms with Crippen LogP contribution in [0.25, 0.3) is 0 Å². The molecule has 2 N–H and O–H groups in total. The largest absolute Gasteiger partial charge is 0.493 e. The number of thiophene rings is 1. The molecule has 2 aliphatic rings.